The van der Waals surface area contributed by atoms with Crippen molar-refractivity contribution >= 4 is 0 Å². The predicted molar refractivity (Wildman–Crippen MR) is 88.7 cm³/mol. The summed E-state index contributed by atoms with van der Waals surface area (Å²) >= 11 is 0. The summed E-state index contributed by atoms with van der Waals surface area (Å²) in [5, 5.41) is 3.65. The Hall–Kier alpha value is -1.32. The van der Waals surface area contributed by atoms with Crippen molar-refractivity contribution in [2.24, 2.45) is 5.73 Å². The standard InChI is InChI=1S/C18H28N2O/c1-18(14-19,20-12-11-15-5-3-4-6-15)13-16-7-9-17(21-2)10-8-16/h5,7-10,20H,3-4,6,11-14,19H2,1-2H3. The fourth-order valence-electron chi connectivity index (χ4n) is 2.89. The van der Waals surface area contributed by atoms with Gasteiger partial charge in [0.1, 0.15) is 5.75 Å². The van der Waals surface area contributed by atoms with E-state index < -0.39 is 0 Å². The summed E-state index contributed by atoms with van der Waals surface area (Å²) in [4.78, 5) is 0. The lowest BCUT2D eigenvalue weighted by Crippen LogP contribution is -2.50. The molecule has 1 atom stereocenters. The molecular formula is C18H28N2O. The van der Waals surface area contributed by atoms with Gasteiger partial charge in [0.05, 0.1) is 7.11 Å². The summed E-state index contributed by atoms with van der Waals surface area (Å²) in [6, 6.07) is 8.26. The highest BCUT2D eigenvalue weighted by molar-refractivity contribution is 5.28. The molecule has 3 nitrogen and oxygen atoms in total. The highest BCUT2D eigenvalue weighted by Gasteiger charge is 2.22. The summed E-state index contributed by atoms with van der Waals surface area (Å²) in [6.45, 7) is 3.86. The molecule has 0 aromatic heterocycles. The fraction of sp³-hybridized carbons (Fsp3) is 0.556. The van der Waals surface area contributed by atoms with E-state index in [1.54, 1.807) is 12.7 Å². The monoisotopic (exact) mass is 288 g/mol. The third kappa shape index (κ3) is 4.87. The van der Waals surface area contributed by atoms with Gasteiger partial charge in [-0.1, -0.05) is 23.8 Å². The molecule has 1 aromatic carbocycles. The first-order valence-electron chi connectivity index (χ1n) is 7.91. The van der Waals surface area contributed by atoms with Crippen molar-refractivity contribution in [1.82, 2.24) is 5.32 Å². The number of nitrogens with two attached hydrogens (primary N) is 1. The lowest BCUT2D eigenvalue weighted by molar-refractivity contribution is 0.363. The van der Waals surface area contributed by atoms with Crippen LogP contribution in [0, 0.1) is 0 Å². The second-order valence-corrected chi connectivity index (χ2v) is 6.22. The molecule has 0 aliphatic heterocycles. The Morgan fingerprint density at radius 1 is 1.29 bits per heavy atom. The SMILES string of the molecule is COc1ccc(CC(C)(CN)NCCC2=CCCC2)cc1. The molecule has 0 fully saturated rings. The topological polar surface area (TPSA) is 47.3 Å². The van der Waals surface area contributed by atoms with Crippen molar-refractivity contribution in [3.05, 3.63) is 41.5 Å². The van der Waals surface area contributed by atoms with Crippen LogP contribution in [0.3, 0.4) is 0 Å². The van der Waals surface area contributed by atoms with Gasteiger partial charge in [0.15, 0.2) is 0 Å². The first-order chi connectivity index (χ1) is 10.1. The molecule has 1 unspecified atom stereocenters. The number of methoxy groups -OCH3 is 1. The minimum atomic E-state index is -0.0479. The van der Waals surface area contributed by atoms with Crippen LogP contribution in [0.5, 0.6) is 5.75 Å². The normalized spacial score (nSPS) is 17.4. The van der Waals surface area contributed by atoms with Crippen molar-refractivity contribution in [2.45, 2.75) is 44.6 Å². The Morgan fingerprint density at radius 3 is 2.62 bits per heavy atom. The Balaban J connectivity index is 1.86. The van der Waals surface area contributed by atoms with Crippen LogP contribution >= 0.6 is 0 Å². The van der Waals surface area contributed by atoms with Gasteiger partial charge in [0.25, 0.3) is 0 Å². The number of hydrogen-bond donors (Lipinski definition) is 2. The van der Waals surface area contributed by atoms with Crippen LogP contribution in [0.15, 0.2) is 35.9 Å². The molecule has 2 rings (SSSR count). The number of nitrogens with one attached hydrogen (secondary N) is 1. The van der Waals surface area contributed by atoms with E-state index in [1.165, 1.54) is 24.8 Å². The zero-order chi connectivity index (χ0) is 15.1. The molecular weight excluding hydrogens is 260 g/mol. The Morgan fingerprint density at radius 2 is 2.05 bits per heavy atom. The zero-order valence-electron chi connectivity index (χ0n) is 13.3. The van der Waals surface area contributed by atoms with E-state index >= 15 is 0 Å². The molecule has 0 saturated carbocycles. The fourth-order valence-corrected chi connectivity index (χ4v) is 2.89. The highest BCUT2D eigenvalue weighted by Crippen LogP contribution is 2.21. The number of hydrogen-bond acceptors (Lipinski definition) is 3. The highest BCUT2D eigenvalue weighted by atomic mass is 16.5. The minimum Gasteiger partial charge on any atom is -0.497 e. The van der Waals surface area contributed by atoms with Gasteiger partial charge in [-0.05, 0) is 63.3 Å². The summed E-state index contributed by atoms with van der Waals surface area (Å²) < 4.78 is 5.20. The van der Waals surface area contributed by atoms with E-state index in [0.717, 1.165) is 25.1 Å². The molecule has 0 saturated heterocycles. The zero-order valence-corrected chi connectivity index (χ0v) is 13.3. The number of ether oxygens (including phenoxy) is 1. The van der Waals surface area contributed by atoms with Gasteiger partial charge >= 0.3 is 0 Å². The van der Waals surface area contributed by atoms with Crippen LogP contribution in [0.4, 0.5) is 0 Å². The maximum Gasteiger partial charge on any atom is 0.118 e. The number of allylic oxidation sites excluding steroid dienone is 1. The lowest BCUT2D eigenvalue weighted by atomic mass is 9.92. The second kappa shape index (κ2) is 7.62. The quantitative estimate of drug-likeness (QED) is 0.723. The van der Waals surface area contributed by atoms with Crippen LogP contribution in [0.2, 0.25) is 0 Å². The lowest BCUT2D eigenvalue weighted by Gasteiger charge is -2.30. The number of benzene rings is 1. The van der Waals surface area contributed by atoms with Gasteiger partial charge < -0.3 is 15.8 Å². The van der Waals surface area contributed by atoms with Crippen molar-refractivity contribution in [2.75, 3.05) is 20.2 Å². The predicted octanol–water partition coefficient (Wildman–Crippen LogP) is 3.05. The van der Waals surface area contributed by atoms with E-state index in [-0.39, 0.29) is 5.54 Å². The van der Waals surface area contributed by atoms with Gasteiger partial charge in [-0.25, -0.2) is 0 Å². The minimum absolute atomic E-state index is 0.0479. The molecule has 3 heteroatoms. The van der Waals surface area contributed by atoms with Crippen LogP contribution in [-0.4, -0.2) is 25.7 Å². The van der Waals surface area contributed by atoms with Crippen LogP contribution in [-0.2, 0) is 6.42 Å². The van der Waals surface area contributed by atoms with E-state index in [4.69, 9.17) is 10.5 Å². The van der Waals surface area contributed by atoms with E-state index in [9.17, 15) is 0 Å². The average molecular weight is 288 g/mol. The van der Waals surface area contributed by atoms with Crippen LogP contribution < -0.4 is 15.8 Å². The van der Waals surface area contributed by atoms with Gasteiger partial charge in [-0.2, -0.15) is 0 Å². The van der Waals surface area contributed by atoms with Gasteiger partial charge in [0.2, 0.25) is 0 Å². The molecule has 0 spiro atoms. The smallest absolute Gasteiger partial charge is 0.118 e. The van der Waals surface area contributed by atoms with Crippen molar-refractivity contribution < 1.29 is 4.74 Å². The largest absolute Gasteiger partial charge is 0.497 e. The molecule has 1 aromatic rings. The molecule has 1 aliphatic rings. The van der Waals surface area contributed by atoms with Gasteiger partial charge in [-0.15, -0.1) is 0 Å². The first-order valence-corrected chi connectivity index (χ1v) is 7.91. The maximum absolute atomic E-state index is 6.00. The third-order valence-corrected chi connectivity index (χ3v) is 4.34. The van der Waals surface area contributed by atoms with Crippen LogP contribution in [0.1, 0.15) is 38.2 Å². The second-order valence-electron chi connectivity index (χ2n) is 6.22. The molecule has 0 radical (unpaired) electrons. The molecule has 0 heterocycles. The summed E-state index contributed by atoms with van der Waals surface area (Å²) in [6.07, 6.45) is 8.35. The molecule has 0 amide bonds. The molecule has 3 N–H and O–H groups in total. The van der Waals surface area contributed by atoms with Crippen molar-refractivity contribution in [3.63, 3.8) is 0 Å². The molecule has 116 valence electrons. The van der Waals surface area contributed by atoms with Crippen LogP contribution in [0.25, 0.3) is 0 Å². The first kappa shape index (κ1) is 16.1. The Labute approximate surface area is 128 Å². The van der Waals surface area contributed by atoms with Gasteiger partial charge in [0, 0.05) is 12.1 Å². The third-order valence-electron chi connectivity index (χ3n) is 4.34. The summed E-state index contributed by atoms with van der Waals surface area (Å²) in [5.41, 5.74) is 8.85. The van der Waals surface area contributed by atoms with Crippen molar-refractivity contribution in [1.29, 1.82) is 0 Å². The molecule has 21 heavy (non-hydrogen) atoms. The molecule has 1 aliphatic carbocycles. The number of rotatable bonds is 8. The Kier molecular flexibility index (Phi) is 5.83. The maximum atomic E-state index is 6.00. The molecule has 0 bridgehead atoms. The van der Waals surface area contributed by atoms with E-state index in [1.807, 2.05) is 12.1 Å². The summed E-state index contributed by atoms with van der Waals surface area (Å²) in [7, 11) is 1.69. The Bertz CT molecular complexity index is 467. The van der Waals surface area contributed by atoms with E-state index in [0.29, 0.717) is 6.54 Å². The average Bonchev–Trinajstić information content (AvgIpc) is 3.01. The summed E-state index contributed by atoms with van der Waals surface area (Å²) in [5.74, 6) is 0.898. The van der Waals surface area contributed by atoms with Crippen molar-refractivity contribution in [3.8, 4) is 5.75 Å². The van der Waals surface area contributed by atoms with E-state index in [2.05, 4.69) is 30.4 Å². The van der Waals surface area contributed by atoms with Gasteiger partial charge in [-0.3, -0.25) is 0 Å².